The summed E-state index contributed by atoms with van der Waals surface area (Å²) in [5.74, 6) is 2.69. The zero-order valence-corrected chi connectivity index (χ0v) is 12.0. The molecule has 0 aliphatic carbocycles. The molecule has 2 saturated heterocycles. The zero-order chi connectivity index (χ0) is 12.9. The van der Waals surface area contributed by atoms with Gasteiger partial charge in [0.15, 0.2) is 5.82 Å². The quantitative estimate of drug-likeness (QED) is 0.915. The Morgan fingerprint density at radius 1 is 1.26 bits per heavy atom. The lowest BCUT2D eigenvalue weighted by atomic mass is 10.1. The third-order valence-corrected chi connectivity index (χ3v) is 5.05. The minimum absolute atomic E-state index is 0.334. The average Bonchev–Trinajstić information content (AvgIpc) is 2.96. The summed E-state index contributed by atoms with van der Waals surface area (Å²) in [6.07, 6.45) is 6.22. The van der Waals surface area contributed by atoms with Gasteiger partial charge in [0.05, 0.1) is 11.4 Å². The van der Waals surface area contributed by atoms with Crippen molar-refractivity contribution in [3.63, 3.8) is 0 Å². The molecule has 0 spiro atoms. The van der Waals surface area contributed by atoms with E-state index in [1.54, 1.807) is 0 Å². The zero-order valence-electron chi connectivity index (χ0n) is 11.1. The number of nitrogens with zero attached hydrogens (tertiary/aromatic N) is 2. The lowest BCUT2D eigenvalue weighted by Crippen LogP contribution is -2.32. The number of thioether (sulfide) groups is 1. The molecular formula is C13H21N3O2S. The highest BCUT2D eigenvalue weighted by atomic mass is 32.2. The molecule has 2 aliphatic rings. The fourth-order valence-corrected chi connectivity index (χ4v) is 3.79. The third-order valence-electron chi connectivity index (χ3n) is 3.68. The van der Waals surface area contributed by atoms with Crippen LogP contribution < -0.4 is 5.32 Å². The summed E-state index contributed by atoms with van der Waals surface area (Å²) in [4.78, 5) is 4.48. The summed E-state index contributed by atoms with van der Waals surface area (Å²) < 4.78 is 11.1. The first-order valence-electron chi connectivity index (χ1n) is 7.18. The standard InChI is InChI=1S/C13H21N3O2S/c1-2-8-19-11(3-1)13-15-12(18-16-13)9-17-10-4-6-14-7-5-10/h10-11,14H,1-9H2. The number of aromatic nitrogens is 2. The average molecular weight is 283 g/mol. The van der Waals surface area contributed by atoms with Gasteiger partial charge < -0.3 is 14.6 Å². The Morgan fingerprint density at radius 2 is 2.16 bits per heavy atom. The van der Waals surface area contributed by atoms with Crippen molar-refractivity contribution in [1.29, 1.82) is 0 Å². The van der Waals surface area contributed by atoms with Gasteiger partial charge in [-0.3, -0.25) is 0 Å². The maximum absolute atomic E-state index is 5.83. The molecule has 0 aromatic carbocycles. The Balaban J connectivity index is 1.49. The molecule has 106 valence electrons. The van der Waals surface area contributed by atoms with Gasteiger partial charge in [0, 0.05) is 0 Å². The molecule has 2 fully saturated rings. The van der Waals surface area contributed by atoms with E-state index in [0.29, 0.717) is 23.9 Å². The van der Waals surface area contributed by atoms with Gasteiger partial charge in [-0.05, 0) is 44.5 Å². The molecule has 3 rings (SSSR count). The highest BCUT2D eigenvalue weighted by molar-refractivity contribution is 7.99. The van der Waals surface area contributed by atoms with E-state index < -0.39 is 0 Å². The lowest BCUT2D eigenvalue weighted by Gasteiger charge is -2.22. The predicted molar refractivity (Wildman–Crippen MR) is 74.0 cm³/mol. The number of hydrogen-bond acceptors (Lipinski definition) is 6. The van der Waals surface area contributed by atoms with Gasteiger partial charge in [-0.2, -0.15) is 16.7 Å². The number of piperidine rings is 1. The van der Waals surface area contributed by atoms with E-state index in [1.807, 2.05) is 11.8 Å². The van der Waals surface area contributed by atoms with Crippen molar-refractivity contribution < 1.29 is 9.26 Å². The van der Waals surface area contributed by atoms with Crippen LogP contribution in [-0.2, 0) is 11.3 Å². The Bertz CT molecular complexity index is 387. The summed E-state index contributed by atoms with van der Waals surface area (Å²) in [5, 5.41) is 7.85. The second kappa shape index (κ2) is 6.72. The van der Waals surface area contributed by atoms with E-state index >= 15 is 0 Å². The topological polar surface area (TPSA) is 60.2 Å². The van der Waals surface area contributed by atoms with Gasteiger partial charge in [-0.25, -0.2) is 0 Å². The van der Waals surface area contributed by atoms with E-state index in [4.69, 9.17) is 9.26 Å². The summed E-state index contributed by atoms with van der Waals surface area (Å²) in [6.45, 7) is 2.53. The van der Waals surface area contributed by atoms with Crippen LogP contribution in [0.4, 0.5) is 0 Å². The first-order valence-corrected chi connectivity index (χ1v) is 8.23. The number of hydrogen-bond donors (Lipinski definition) is 1. The van der Waals surface area contributed by atoms with Gasteiger partial charge in [-0.1, -0.05) is 11.6 Å². The molecule has 0 bridgehead atoms. The lowest BCUT2D eigenvalue weighted by molar-refractivity contribution is 0.00859. The monoisotopic (exact) mass is 283 g/mol. The first-order chi connectivity index (χ1) is 9.42. The molecule has 2 aliphatic heterocycles. The van der Waals surface area contributed by atoms with Crippen LogP contribution in [0.25, 0.3) is 0 Å². The van der Waals surface area contributed by atoms with E-state index in [0.717, 1.165) is 31.8 Å². The highest BCUT2D eigenvalue weighted by Gasteiger charge is 2.22. The van der Waals surface area contributed by atoms with E-state index in [1.165, 1.54) is 25.0 Å². The Kier molecular flexibility index (Phi) is 4.74. The molecule has 6 heteroatoms. The van der Waals surface area contributed by atoms with Crippen molar-refractivity contribution >= 4 is 11.8 Å². The van der Waals surface area contributed by atoms with Gasteiger partial charge in [0.1, 0.15) is 6.61 Å². The first kappa shape index (κ1) is 13.4. The van der Waals surface area contributed by atoms with Crippen LogP contribution in [0.1, 0.15) is 49.1 Å². The SMILES string of the molecule is C1CCC(c2noc(COC3CCNCC3)n2)SC1. The predicted octanol–water partition coefficient (Wildman–Crippen LogP) is 2.30. The fourth-order valence-electron chi connectivity index (χ4n) is 2.55. The molecule has 1 N–H and O–H groups in total. The van der Waals surface area contributed by atoms with Crippen molar-refractivity contribution in [2.24, 2.45) is 0 Å². The summed E-state index contributed by atoms with van der Waals surface area (Å²) in [5.41, 5.74) is 0. The van der Waals surface area contributed by atoms with Crippen molar-refractivity contribution in [2.75, 3.05) is 18.8 Å². The van der Waals surface area contributed by atoms with Crippen LogP contribution in [0.3, 0.4) is 0 Å². The third kappa shape index (κ3) is 3.70. The molecule has 1 atom stereocenters. The maximum atomic E-state index is 5.83. The molecule has 0 amide bonds. The molecule has 19 heavy (non-hydrogen) atoms. The van der Waals surface area contributed by atoms with Crippen LogP contribution in [0.2, 0.25) is 0 Å². The van der Waals surface area contributed by atoms with Crippen LogP contribution in [0, 0.1) is 0 Å². The minimum Gasteiger partial charge on any atom is -0.368 e. The number of nitrogens with one attached hydrogen (secondary N) is 1. The van der Waals surface area contributed by atoms with Crippen molar-refractivity contribution in [2.45, 2.75) is 50.1 Å². The number of rotatable bonds is 4. The van der Waals surface area contributed by atoms with Crippen LogP contribution in [0.5, 0.6) is 0 Å². The molecule has 0 saturated carbocycles. The largest absolute Gasteiger partial charge is 0.368 e. The van der Waals surface area contributed by atoms with E-state index in [-0.39, 0.29) is 0 Å². The molecule has 1 aromatic heterocycles. The minimum atomic E-state index is 0.334. The normalized spacial score (nSPS) is 25.6. The summed E-state index contributed by atoms with van der Waals surface area (Å²) in [7, 11) is 0. The van der Waals surface area contributed by atoms with E-state index in [2.05, 4.69) is 15.5 Å². The summed E-state index contributed by atoms with van der Waals surface area (Å²) in [6, 6.07) is 0. The molecular weight excluding hydrogens is 262 g/mol. The van der Waals surface area contributed by atoms with Crippen molar-refractivity contribution in [3.05, 3.63) is 11.7 Å². The van der Waals surface area contributed by atoms with Crippen LogP contribution >= 0.6 is 11.8 Å². The molecule has 1 aromatic rings. The second-order valence-electron chi connectivity index (χ2n) is 5.16. The Labute approximate surface area is 117 Å². The van der Waals surface area contributed by atoms with Gasteiger partial charge in [0.2, 0.25) is 0 Å². The fraction of sp³-hybridized carbons (Fsp3) is 0.846. The molecule has 0 radical (unpaired) electrons. The number of ether oxygens (including phenoxy) is 1. The molecule has 3 heterocycles. The second-order valence-corrected chi connectivity index (χ2v) is 6.47. The van der Waals surface area contributed by atoms with E-state index in [9.17, 15) is 0 Å². The molecule has 5 nitrogen and oxygen atoms in total. The highest BCUT2D eigenvalue weighted by Crippen LogP contribution is 2.36. The van der Waals surface area contributed by atoms with Crippen LogP contribution in [0.15, 0.2) is 4.52 Å². The smallest absolute Gasteiger partial charge is 0.252 e. The van der Waals surface area contributed by atoms with Gasteiger partial charge in [0.25, 0.3) is 5.89 Å². The Morgan fingerprint density at radius 3 is 2.95 bits per heavy atom. The molecule has 1 unspecified atom stereocenters. The van der Waals surface area contributed by atoms with Gasteiger partial charge >= 0.3 is 0 Å². The van der Waals surface area contributed by atoms with Crippen molar-refractivity contribution in [1.82, 2.24) is 15.5 Å². The van der Waals surface area contributed by atoms with Crippen LogP contribution in [-0.4, -0.2) is 35.1 Å². The van der Waals surface area contributed by atoms with Crippen molar-refractivity contribution in [3.8, 4) is 0 Å². The van der Waals surface area contributed by atoms with Gasteiger partial charge in [-0.15, -0.1) is 0 Å². The maximum Gasteiger partial charge on any atom is 0.252 e. The summed E-state index contributed by atoms with van der Waals surface area (Å²) >= 11 is 1.94. The Hall–Kier alpha value is -0.590.